The third-order valence-corrected chi connectivity index (χ3v) is 2.32. The molecule has 0 saturated heterocycles. The van der Waals surface area contributed by atoms with Crippen LogP contribution in [0.4, 0.5) is 10.1 Å². The fraction of sp³-hybridized carbons (Fsp3) is 0.417. The minimum atomic E-state index is -0.301. The third-order valence-electron chi connectivity index (χ3n) is 2.32. The monoisotopic (exact) mass is 224 g/mol. The van der Waals surface area contributed by atoms with Crippen molar-refractivity contribution in [2.24, 2.45) is 0 Å². The van der Waals surface area contributed by atoms with E-state index in [1.54, 1.807) is 19.1 Å². The number of benzene rings is 1. The van der Waals surface area contributed by atoms with Crippen molar-refractivity contribution >= 4 is 11.6 Å². The molecule has 0 aliphatic rings. The summed E-state index contributed by atoms with van der Waals surface area (Å²) in [6.45, 7) is 5.10. The maximum atomic E-state index is 13.2. The fourth-order valence-corrected chi connectivity index (χ4v) is 1.33. The van der Waals surface area contributed by atoms with Gasteiger partial charge in [-0.2, -0.15) is 0 Å². The second-order valence-electron chi connectivity index (χ2n) is 3.56. The van der Waals surface area contributed by atoms with Crippen molar-refractivity contribution in [1.29, 1.82) is 0 Å². The van der Waals surface area contributed by atoms with Gasteiger partial charge in [-0.25, -0.2) is 4.39 Å². The Morgan fingerprint density at radius 3 is 2.88 bits per heavy atom. The lowest BCUT2D eigenvalue weighted by Crippen LogP contribution is -2.21. The lowest BCUT2D eigenvalue weighted by molar-refractivity contribution is -0.116. The van der Waals surface area contributed by atoms with Crippen LogP contribution in [0.3, 0.4) is 0 Å². The van der Waals surface area contributed by atoms with Gasteiger partial charge >= 0.3 is 0 Å². The van der Waals surface area contributed by atoms with Gasteiger partial charge in [0.2, 0.25) is 5.91 Å². The largest absolute Gasteiger partial charge is 0.326 e. The highest BCUT2D eigenvalue weighted by atomic mass is 19.1. The molecule has 0 aromatic heterocycles. The molecule has 0 aliphatic heterocycles. The zero-order valence-electron chi connectivity index (χ0n) is 9.64. The molecule has 1 amide bonds. The van der Waals surface area contributed by atoms with Gasteiger partial charge in [-0.05, 0) is 25.6 Å². The first-order valence-electron chi connectivity index (χ1n) is 5.40. The number of rotatable bonds is 5. The zero-order chi connectivity index (χ0) is 12.0. The number of nitrogens with one attached hydrogen (secondary N) is 2. The number of hydrogen-bond donors (Lipinski definition) is 2. The molecule has 1 aromatic carbocycles. The molecule has 0 aliphatic carbocycles. The normalized spacial score (nSPS) is 10.2. The smallest absolute Gasteiger partial charge is 0.225 e. The number of anilines is 1. The molecule has 1 rings (SSSR count). The van der Waals surface area contributed by atoms with Crippen molar-refractivity contribution in [2.45, 2.75) is 20.3 Å². The second-order valence-corrected chi connectivity index (χ2v) is 3.56. The first-order valence-corrected chi connectivity index (χ1v) is 5.40. The Morgan fingerprint density at radius 2 is 2.19 bits per heavy atom. The van der Waals surface area contributed by atoms with E-state index in [0.717, 1.165) is 6.54 Å². The minimum absolute atomic E-state index is 0.102. The van der Waals surface area contributed by atoms with E-state index in [9.17, 15) is 9.18 Å². The van der Waals surface area contributed by atoms with Crippen LogP contribution in [0, 0.1) is 12.7 Å². The third kappa shape index (κ3) is 3.62. The molecular weight excluding hydrogens is 207 g/mol. The molecule has 88 valence electrons. The Kier molecular flexibility index (Phi) is 4.92. The molecule has 0 radical (unpaired) electrons. The molecule has 3 nitrogen and oxygen atoms in total. The molecule has 2 N–H and O–H groups in total. The maximum absolute atomic E-state index is 13.2. The van der Waals surface area contributed by atoms with Crippen LogP contribution in [0.2, 0.25) is 0 Å². The highest BCUT2D eigenvalue weighted by Crippen LogP contribution is 2.17. The van der Waals surface area contributed by atoms with Crippen molar-refractivity contribution in [1.82, 2.24) is 5.32 Å². The SMILES string of the molecule is CCNCCC(=O)Nc1cccc(F)c1C. The molecule has 0 unspecified atom stereocenters. The van der Waals surface area contributed by atoms with Crippen LogP contribution in [-0.2, 0) is 4.79 Å². The van der Waals surface area contributed by atoms with E-state index in [0.29, 0.717) is 24.2 Å². The number of amides is 1. The van der Waals surface area contributed by atoms with Crippen molar-refractivity contribution in [2.75, 3.05) is 18.4 Å². The lowest BCUT2D eigenvalue weighted by atomic mass is 10.2. The Labute approximate surface area is 95.0 Å². The summed E-state index contributed by atoms with van der Waals surface area (Å²) in [6, 6.07) is 4.66. The zero-order valence-corrected chi connectivity index (χ0v) is 9.64. The summed E-state index contributed by atoms with van der Waals surface area (Å²) in [5, 5.41) is 5.75. The van der Waals surface area contributed by atoms with Gasteiger partial charge < -0.3 is 10.6 Å². The van der Waals surface area contributed by atoms with Crippen molar-refractivity contribution in [3.8, 4) is 0 Å². The second kappa shape index (κ2) is 6.23. The van der Waals surface area contributed by atoms with Crippen molar-refractivity contribution < 1.29 is 9.18 Å². The van der Waals surface area contributed by atoms with E-state index >= 15 is 0 Å². The van der Waals surface area contributed by atoms with E-state index in [2.05, 4.69) is 10.6 Å². The molecule has 0 bridgehead atoms. The molecule has 0 fully saturated rings. The fourth-order valence-electron chi connectivity index (χ4n) is 1.33. The number of carbonyl (C=O) groups excluding carboxylic acids is 1. The first-order chi connectivity index (χ1) is 7.65. The van der Waals surface area contributed by atoms with Gasteiger partial charge in [-0.1, -0.05) is 13.0 Å². The summed E-state index contributed by atoms with van der Waals surface area (Å²) in [4.78, 5) is 11.5. The van der Waals surface area contributed by atoms with Crippen LogP contribution >= 0.6 is 0 Å². The van der Waals surface area contributed by atoms with Gasteiger partial charge in [0, 0.05) is 24.2 Å². The average Bonchev–Trinajstić information content (AvgIpc) is 2.25. The Morgan fingerprint density at radius 1 is 1.44 bits per heavy atom. The van der Waals surface area contributed by atoms with Crippen LogP contribution in [0.1, 0.15) is 18.9 Å². The van der Waals surface area contributed by atoms with Crippen LogP contribution in [0.25, 0.3) is 0 Å². The molecule has 0 atom stereocenters. The number of halogens is 1. The lowest BCUT2D eigenvalue weighted by Gasteiger charge is -2.08. The maximum Gasteiger partial charge on any atom is 0.225 e. The molecular formula is C12H17FN2O. The standard InChI is InChI=1S/C12H17FN2O/c1-3-14-8-7-12(16)15-11-6-4-5-10(13)9(11)2/h4-6,14H,3,7-8H2,1-2H3,(H,15,16). The average molecular weight is 224 g/mol. The summed E-state index contributed by atoms with van der Waals surface area (Å²) in [5.41, 5.74) is 1.01. The summed E-state index contributed by atoms with van der Waals surface area (Å²) < 4.78 is 13.2. The Balaban J connectivity index is 2.53. The predicted octanol–water partition coefficient (Wildman–Crippen LogP) is 2.07. The molecule has 0 heterocycles. The van der Waals surface area contributed by atoms with Crippen LogP contribution in [0.5, 0.6) is 0 Å². The van der Waals surface area contributed by atoms with E-state index in [-0.39, 0.29) is 11.7 Å². The van der Waals surface area contributed by atoms with Gasteiger partial charge in [-0.3, -0.25) is 4.79 Å². The number of hydrogen-bond acceptors (Lipinski definition) is 2. The van der Waals surface area contributed by atoms with Gasteiger partial charge in [0.05, 0.1) is 0 Å². The quantitative estimate of drug-likeness (QED) is 0.752. The molecule has 4 heteroatoms. The van der Waals surface area contributed by atoms with Gasteiger partial charge in [0.25, 0.3) is 0 Å². The summed E-state index contributed by atoms with van der Waals surface area (Å²) in [5.74, 6) is -0.404. The molecule has 1 aromatic rings. The van der Waals surface area contributed by atoms with Gasteiger partial charge in [-0.15, -0.1) is 0 Å². The Bertz CT molecular complexity index is 366. The highest BCUT2D eigenvalue weighted by molar-refractivity contribution is 5.91. The number of carbonyl (C=O) groups is 1. The predicted molar refractivity (Wildman–Crippen MR) is 62.9 cm³/mol. The molecule has 0 spiro atoms. The van der Waals surface area contributed by atoms with Crippen LogP contribution in [-0.4, -0.2) is 19.0 Å². The summed E-state index contributed by atoms with van der Waals surface area (Å²) >= 11 is 0. The van der Waals surface area contributed by atoms with Gasteiger partial charge in [0.1, 0.15) is 5.82 Å². The van der Waals surface area contributed by atoms with E-state index in [1.165, 1.54) is 6.07 Å². The summed E-state index contributed by atoms with van der Waals surface area (Å²) in [6.07, 6.45) is 0.393. The Hall–Kier alpha value is -1.42. The first kappa shape index (κ1) is 12.6. The van der Waals surface area contributed by atoms with E-state index < -0.39 is 0 Å². The van der Waals surface area contributed by atoms with Crippen molar-refractivity contribution in [3.05, 3.63) is 29.6 Å². The topological polar surface area (TPSA) is 41.1 Å². The minimum Gasteiger partial charge on any atom is -0.326 e. The highest BCUT2D eigenvalue weighted by Gasteiger charge is 2.06. The van der Waals surface area contributed by atoms with E-state index in [4.69, 9.17) is 0 Å². The molecule has 0 saturated carbocycles. The van der Waals surface area contributed by atoms with Gasteiger partial charge in [0.15, 0.2) is 0 Å². The van der Waals surface area contributed by atoms with E-state index in [1.807, 2.05) is 6.92 Å². The summed E-state index contributed by atoms with van der Waals surface area (Å²) in [7, 11) is 0. The molecule has 16 heavy (non-hydrogen) atoms. The van der Waals surface area contributed by atoms with Crippen LogP contribution in [0.15, 0.2) is 18.2 Å². The van der Waals surface area contributed by atoms with Crippen molar-refractivity contribution in [3.63, 3.8) is 0 Å². The van der Waals surface area contributed by atoms with Crippen LogP contribution < -0.4 is 10.6 Å².